The Hall–Kier alpha value is -1.06. The molecule has 1 aromatic carbocycles. The number of hydrogen-bond donors (Lipinski definition) is 2. The lowest BCUT2D eigenvalue weighted by molar-refractivity contribution is 0.339. The highest BCUT2D eigenvalue weighted by Crippen LogP contribution is 2.31. The Morgan fingerprint density at radius 3 is 2.05 bits per heavy atom. The maximum Gasteiger partial charge on any atom is 0.119 e. The summed E-state index contributed by atoms with van der Waals surface area (Å²) >= 11 is 0. The Morgan fingerprint density at radius 2 is 1.63 bits per heavy atom. The molecule has 4 N–H and O–H groups in total. The van der Waals surface area contributed by atoms with Crippen LogP contribution in [0.15, 0.2) is 12.1 Å². The first-order valence-corrected chi connectivity index (χ1v) is 7.17. The van der Waals surface area contributed by atoms with Gasteiger partial charge >= 0.3 is 0 Å². The number of rotatable bonds is 7. The average molecular weight is 264 g/mol. The maximum absolute atomic E-state index is 5.75. The zero-order valence-corrected chi connectivity index (χ0v) is 12.7. The molecule has 0 aliphatic heterocycles. The number of ether oxygens (including phenoxy) is 1. The van der Waals surface area contributed by atoms with E-state index in [1.54, 1.807) is 0 Å². The summed E-state index contributed by atoms with van der Waals surface area (Å²) in [5, 5.41) is 0. The largest absolute Gasteiger partial charge is 0.494 e. The normalized spacial score (nSPS) is 12.8. The third-order valence-electron chi connectivity index (χ3n) is 3.72. The van der Waals surface area contributed by atoms with E-state index in [1.165, 1.54) is 16.7 Å². The topological polar surface area (TPSA) is 61.3 Å². The summed E-state index contributed by atoms with van der Waals surface area (Å²) in [6.45, 7) is 10.6. The molecule has 0 saturated heterocycles. The Morgan fingerprint density at radius 1 is 1.11 bits per heavy atom. The van der Waals surface area contributed by atoms with Crippen molar-refractivity contribution in [2.45, 2.75) is 40.0 Å². The van der Waals surface area contributed by atoms with Crippen molar-refractivity contribution in [3.05, 3.63) is 28.8 Å². The predicted molar refractivity (Wildman–Crippen MR) is 81.7 cm³/mol. The van der Waals surface area contributed by atoms with E-state index >= 15 is 0 Å². The third-order valence-corrected chi connectivity index (χ3v) is 3.72. The van der Waals surface area contributed by atoms with E-state index in [0.717, 1.165) is 12.2 Å². The second-order valence-electron chi connectivity index (χ2n) is 5.38. The molecule has 3 nitrogen and oxygen atoms in total. The van der Waals surface area contributed by atoms with Gasteiger partial charge in [0.2, 0.25) is 0 Å². The van der Waals surface area contributed by atoms with Gasteiger partial charge in [0.15, 0.2) is 0 Å². The summed E-state index contributed by atoms with van der Waals surface area (Å²) in [6.07, 6.45) is 1.04. The third kappa shape index (κ3) is 4.22. The molecule has 0 spiro atoms. The van der Waals surface area contributed by atoms with E-state index in [-0.39, 0.29) is 0 Å². The molecule has 0 amide bonds. The van der Waals surface area contributed by atoms with Crippen molar-refractivity contribution in [1.82, 2.24) is 0 Å². The molecule has 1 atom stereocenters. The van der Waals surface area contributed by atoms with Crippen LogP contribution in [-0.4, -0.2) is 19.7 Å². The van der Waals surface area contributed by atoms with E-state index < -0.39 is 0 Å². The fraction of sp³-hybridized carbons (Fsp3) is 0.625. The first kappa shape index (κ1) is 16.0. The fourth-order valence-electron chi connectivity index (χ4n) is 2.87. The van der Waals surface area contributed by atoms with Gasteiger partial charge < -0.3 is 16.2 Å². The van der Waals surface area contributed by atoms with E-state index in [9.17, 15) is 0 Å². The summed E-state index contributed by atoms with van der Waals surface area (Å²) < 4.78 is 5.59. The summed E-state index contributed by atoms with van der Waals surface area (Å²) in [5.74, 6) is 1.84. The van der Waals surface area contributed by atoms with Gasteiger partial charge in [-0.15, -0.1) is 0 Å². The lowest BCUT2D eigenvalue weighted by atomic mass is 9.85. The van der Waals surface area contributed by atoms with Crippen molar-refractivity contribution in [2.75, 3.05) is 19.7 Å². The molecule has 1 rings (SSSR count). The predicted octanol–water partition coefficient (Wildman–Crippen LogP) is 2.73. The minimum Gasteiger partial charge on any atom is -0.494 e. The molecule has 0 fully saturated rings. The smallest absolute Gasteiger partial charge is 0.119 e. The van der Waals surface area contributed by atoms with E-state index in [1.807, 2.05) is 6.92 Å². The van der Waals surface area contributed by atoms with Crippen LogP contribution in [0.5, 0.6) is 5.75 Å². The minimum absolute atomic E-state index is 0.403. The standard InChI is InChI=1S/C16H28N2O/c1-5-19-15-7-12(3)16(13(4)8-15)11(2)6-14(9-17)10-18/h7-8,11,14H,5-6,9-10,17-18H2,1-4H3. The van der Waals surface area contributed by atoms with Crippen LogP contribution >= 0.6 is 0 Å². The number of hydrogen-bond acceptors (Lipinski definition) is 3. The van der Waals surface area contributed by atoms with Crippen LogP contribution < -0.4 is 16.2 Å². The molecule has 0 aliphatic rings. The van der Waals surface area contributed by atoms with Gasteiger partial charge in [0, 0.05) is 0 Å². The van der Waals surface area contributed by atoms with E-state index in [0.29, 0.717) is 31.5 Å². The molecule has 0 aromatic heterocycles. The molecule has 0 heterocycles. The van der Waals surface area contributed by atoms with Gasteiger partial charge in [0.05, 0.1) is 6.61 Å². The quantitative estimate of drug-likeness (QED) is 0.796. The SMILES string of the molecule is CCOc1cc(C)c(C(C)CC(CN)CN)c(C)c1. The lowest BCUT2D eigenvalue weighted by Gasteiger charge is -2.22. The zero-order chi connectivity index (χ0) is 14.4. The Kier molecular flexibility index (Phi) is 6.32. The second kappa shape index (κ2) is 7.51. The van der Waals surface area contributed by atoms with Crippen LogP contribution in [0.1, 0.15) is 42.9 Å². The van der Waals surface area contributed by atoms with Crippen LogP contribution in [-0.2, 0) is 0 Å². The first-order chi connectivity index (χ1) is 9.03. The minimum atomic E-state index is 0.403. The molecule has 0 aliphatic carbocycles. The van der Waals surface area contributed by atoms with Crippen molar-refractivity contribution >= 4 is 0 Å². The Bertz CT molecular complexity index is 377. The van der Waals surface area contributed by atoms with Crippen LogP contribution in [0, 0.1) is 19.8 Å². The highest BCUT2D eigenvalue weighted by Gasteiger charge is 2.16. The van der Waals surface area contributed by atoms with Crippen molar-refractivity contribution in [3.8, 4) is 5.75 Å². The summed E-state index contributed by atoms with van der Waals surface area (Å²) in [4.78, 5) is 0. The van der Waals surface area contributed by atoms with Crippen LogP contribution in [0.2, 0.25) is 0 Å². The monoisotopic (exact) mass is 264 g/mol. The number of nitrogens with two attached hydrogens (primary N) is 2. The van der Waals surface area contributed by atoms with Gasteiger partial charge in [0.25, 0.3) is 0 Å². The highest BCUT2D eigenvalue weighted by atomic mass is 16.5. The number of aryl methyl sites for hydroxylation is 2. The second-order valence-corrected chi connectivity index (χ2v) is 5.38. The first-order valence-electron chi connectivity index (χ1n) is 7.17. The molecule has 0 radical (unpaired) electrons. The van der Waals surface area contributed by atoms with Gasteiger partial charge in [-0.2, -0.15) is 0 Å². The van der Waals surface area contributed by atoms with Gasteiger partial charge in [-0.25, -0.2) is 0 Å². The van der Waals surface area contributed by atoms with Crippen molar-refractivity contribution in [2.24, 2.45) is 17.4 Å². The van der Waals surface area contributed by atoms with E-state index in [4.69, 9.17) is 16.2 Å². The average Bonchev–Trinajstić information content (AvgIpc) is 2.35. The van der Waals surface area contributed by atoms with Crippen molar-refractivity contribution < 1.29 is 4.74 Å². The summed E-state index contributed by atoms with van der Waals surface area (Å²) in [6, 6.07) is 4.25. The fourth-order valence-corrected chi connectivity index (χ4v) is 2.87. The Balaban J connectivity index is 2.93. The molecule has 1 unspecified atom stereocenters. The number of benzene rings is 1. The molecule has 3 heteroatoms. The summed E-state index contributed by atoms with van der Waals surface area (Å²) in [5.41, 5.74) is 15.5. The van der Waals surface area contributed by atoms with Gasteiger partial charge in [0.1, 0.15) is 5.75 Å². The van der Waals surface area contributed by atoms with Gasteiger partial charge in [-0.1, -0.05) is 6.92 Å². The molecule has 0 saturated carbocycles. The molecular formula is C16H28N2O. The summed E-state index contributed by atoms with van der Waals surface area (Å²) in [7, 11) is 0. The highest BCUT2D eigenvalue weighted by molar-refractivity contribution is 5.43. The molecule has 0 bridgehead atoms. The molecule has 108 valence electrons. The molecule has 1 aromatic rings. The molecule has 19 heavy (non-hydrogen) atoms. The zero-order valence-electron chi connectivity index (χ0n) is 12.7. The molecular weight excluding hydrogens is 236 g/mol. The van der Waals surface area contributed by atoms with Crippen molar-refractivity contribution in [1.29, 1.82) is 0 Å². The van der Waals surface area contributed by atoms with Crippen LogP contribution in [0.3, 0.4) is 0 Å². The van der Waals surface area contributed by atoms with Crippen LogP contribution in [0.4, 0.5) is 0 Å². The lowest BCUT2D eigenvalue weighted by Crippen LogP contribution is -2.25. The van der Waals surface area contributed by atoms with Gasteiger partial charge in [-0.05, 0) is 80.9 Å². The van der Waals surface area contributed by atoms with Gasteiger partial charge in [-0.3, -0.25) is 0 Å². The van der Waals surface area contributed by atoms with Crippen molar-refractivity contribution in [3.63, 3.8) is 0 Å². The van der Waals surface area contributed by atoms with E-state index in [2.05, 4.69) is 32.9 Å². The van der Waals surface area contributed by atoms with Crippen LogP contribution in [0.25, 0.3) is 0 Å². The Labute approximate surface area is 117 Å². The maximum atomic E-state index is 5.75.